The molecule has 0 saturated carbocycles. The first-order valence-electron chi connectivity index (χ1n) is 9.70. The van der Waals surface area contributed by atoms with Crippen molar-refractivity contribution in [1.82, 2.24) is 10.6 Å². The van der Waals surface area contributed by atoms with Gasteiger partial charge in [-0.15, -0.1) is 0 Å². The normalized spacial score (nSPS) is 10.1. The Morgan fingerprint density at radius 1 is 0.710 bits per heavy atom. The first-order valence-corrected chi connectivity index (χ1v) is 9.70. The van der Waals surface area contributed by atoms with Crippen molar-refractivity contribution in [1.29, 1.82) is 0 Å². The molecule has 3 N–H and O–H groups in total. The van der Waals surface area contributed by atoms with Gasteiger partial charge in [0.05, 0.1) is 18.4 Å². The van der Waals surface area contributed by atoms with E-state index < -0.39 is 11.8 Å². The Balaban J connectivity index is 1.57. The fourth-order valence-corrected chi connectivity index (χ4v) is 2.85. The van der Waals surface area contributed by atoms with Crippen LogP contribution in [-0.4, -0.2) is 24.8 Å². The maximum absolute atomic E-state index is 12.6. The topological polar surface area (TPSA) is 96.5 Å². The van der Waals surface area contributed by atoms with Gasteiger partial charge in [-0.2, -0.15) is 0 Å². The third kappa shape index (κ3) is 6.17. The smallest absolute Gasteiger partial charge is 0.313 e. The van der Waals surface area contributed by atoms with Crippen LogP contribution in [0.5, 0.6) is 5.75 Å². The molecule has 0 unspecified atom stereocenters. The van der Waals surface area contributed by atoms with Crippen LogP contribution in [0.4, 0.5) is 5.69 Å². The lowest BCUT2D eigenvalue weighted by molar-refractivity contribution is -0.136. The average molecular weight is 417 g/mol. The molecule has 3 amide bonds. The lowest BCUT2D eigenvalue weighted by Crippen LogP contribution is -2.35. The highest BCUT2D eigenvalue weighted by Gasteiger charge is 2.17. The summed E-state index contributed by atoms with van der Waals surface area (Å²) in [6.07, 6.45) is 0. The van der Waals surface area contributed by atoms with Crippen LogP contribution in [0.3, 0.4) is 0 Å². The van der Waals surface area contributed by atoms with Crippen LogP contribution in [0.15, 0.2) is 78.9 Å². The summed E-state index contributed by atoms with van der Waals surface area (Å²) in [6.45, 7) is 0.541. The molecule has 0 radical (unpaired) electrons. The minimum Gasteiger partial charge on any atom is -0.497 e. The molecule has 0 aliphatic rings. The third-order valence-corrected chi connectivity index (χ3v) is 4.53. The van der Waals surface area contributed by atoms with Crippen LogP contribution in [0, 0.1) is 0 Å². The van der Waals surface area contributed by atoms with Crippen molar-refractivity contribution < 1.29 is 19.1 Å². The minimum atomic E-state index is -0.850. The van der Waals surface area contributed by atoms with Crippen molar-refractivity contribution in [2.75, 3.05) is 12.4 Å². The summed E-state index contributed by atoms with van der Waals surface area (Å²) in [5.41, 5.74) is 2.31. The summed E-state index contributed by atoms with van der Waals surface area (Å²) < 4.78 is 5.09. The summed E-state index contributed by atoms with van der Waals surface area (Å²) in [5, 5.41) is 7.88. The Hall–Kier alpha value is -4.13. The number of ether oxygens (including phenoxy) is 1. The van der Waals surface area contributed by atoms with E-state index >= 15 is 0 Å². The summed E-state index contributed by atoms with van der Waals surface area (Å²) in [7, 11) is 1.57. The number of nitrogens with one attached hydrogen (secondary N) is 3. The molecule has 0 heterocycles. The second-order valence-electron chi connectivity index (χ2n) is 6.70. The molecule has 158 valence electrons. The van der Waals surface area contributed by atoms with E-state index in [2.05, 4.69) is 16.0 Å². The zero-order valence-electron chi connectivity index (χ0n) is 17.1. The molecule has 0 spiro atoms. The molecule has 31 heavy (non-hydrogen) atoms. The lowest BCUT2D eigenvalue weighted by atomic mass is 10.1. The molecule has 3 rings (SSSR count). The fourth-order valence-electron chi connectivity index (χ4n) is 2.85. The van der Waals surface area contributed by atoms with Gasteiger partial charge in [-0.3, -0.25) is 14.4 Å². The van der Waals surface area contributed by atoms with Gasteiger partial charge >= 0.3 is 11.8 Å². The molecule has 0 atom stereocenters. The average Bonchev–Trinajstić information content (AvgIpc) is 2.82. The number of benzene rings is 3. The number of hydrogen-bond donors (Lipinski definition) is 3. The van der Waals surface area contributed by atoms with Crippen LogP contribution in [0.2, 0.25) is 0 Å². The minimum absolute atomic E-state index is 0.190. The number of carbonyl (C=O) groups is 3. The van der Waals surface area contributed by atoms with Crippen LogP contribution in [0.1, 0.15) is 21.5 Å². The van der Waals surface area contributed by atoms with Gasteiger partial charge in [0.15, 0.2) is 0 Å². The summed E-state index contributed by atoms with van der Waals surface area (Å²) in [5.74, 6) is -1.29. The Morgan fingerprint density at radius 3 is 2.03 bits per heavy atom. The molecule has 7 heteroatoms. The van der Waals surface area contributed by atoms with Crippen molar-refractivity contribution in [2.24, 2.45) is 0 Å². The molecule has 0 aliphatic carbocycles. The molecule has 0 bridgehead atoms. The molecule has 0 fully saturated rings. The molecule has 3 aromatic carbocycles. The van der Waals surface area contributed by atoms with Crippen LogP contribution in [0.25, 0.3) is 0 Å². The molecular formula is C24H23N3O4. The number of anilines is 1. The Bertz CT molecular complexity index is 1050. The van der Waals surface area contributed by atoms with Gasteiger partial charge in [0.1, 0.15) is 5.75 Å². The molecule has 0 aliphatic heterocycles. The highest BCUT2D eigenvalue weighted by Crippen LogP contribution is 2.15. The van der Waals surface area contributed by atoms with Crippen LogP contribution >= 0.6 is 0 Å². The fraction of sp³-hybridized carbons (Fsp3) is 0.125. The third-order valence-electron chi connectivity index (χ3n) is 4.53. The maximum Gasteiger partial charge on any atom is 0.313 e. The van der Waals surface area contributed by atoms with Gasteiger partial charge in [0, 0.05) is 13.1 Å². The van der Waals surface area contributed by atoms with Crippen LogP contribution in [-0.2, 0) is 22.7 Å². The lowest BCUT2D eigenvalue weighted by Gasteiger charge is -2.12. The van der Waals surface area contributed by atoms with E-state index in [4.69, 9.17) is 4.74 Å². The van der Waals surface area contributed by atoms with E-state index in [9.17, 15) is 14.4 Å². The van der Waals surface area contributed by atoms with E-state index in [1.165, 1.54) is 0 Å². The van der Waals surface area contributed by atoms with E-state index in [0.29, 0.717) is 12.3 Å². The van der Waals surface area contributed by atoms with Crippen molar-refractivity contribution >= 4 is 23.4 Å². The summed E-state index contributed by atoms with van der Waals surface area (Å²) >= 11 is 0. The predicted molar refractivity (Wildman–Crippen MR) is 118 cm³/mol. The Kier molecular flexibility index (Phi) is 7.37. The number of rotatable bonds is 7. The molecule has 0 saturated heterocycles. The van der Waals surface area contributed by atoms with Crippen molar-refractivity contribution in [3.8, 4) is 5.75 Å². The zero-order chi connectivity index (χ0) is 22.1. The quantitative estimate of drug-likeness (QED) is 0.515. The number of carbonyl (C=O) groups excluding carboxylic acids is 3. The monoisotopic (exact) mass is 417 g/mol. The molecular weight excluding hydrogens is 394 g/mol. The predicted octanol–water partition coefficient (Wildman–Crippen LogP) is 2.88. The van der Waals surface area contributed by atoms with Crippen molar-refractivity contribution in [3.05, 3.63) is 95.6 Å². The van der Waals surface area contributed by atoms with Gasteiger partial charge in [-0.25, -0.2) is 0 Å². The number of amides is 3. The van der Waals surface area contributed by atoms with Gasteiger partial charge in [0.2, 0.25) is 0 Å². The van der Waals surface area contributed by atoms with E-state index in [1.54, 1.807) is 55.6 Å². The first kappa shape index (κ1) is 21.6. The highest BCUT2D eigenvalue weighted by molar-refractivity contribution is 6.40. The standard InChI is InChI=1S/C24H23N3O4/c1-31-19-13-11-18(12-14-19)16-26-23(29)24(30)27-21-10-6-5-9-20(21)22(28)25-15-17-7-3-2-4-8-17/h2-14H,15-16H2,1H3,(H,25,28)(H,26,29)(H,27,30). The van der Waals surface area contributed by atoms with Crippen molar-refractivity contribution in [3.63, 3.8) is 0 Å². The Morgan fingerprint density at radius 2 is 1.32 bits per heavy atom. The molecule has 7 nitrogen and oxygen atoms in total. The largest absolute Gasteiger partial charge is 0.497 e. The summed E-state index contributed by atoms with van der Waals surface area (Å²) in [4.78, 5) is 37.1. The first-order chi connectivity index (χ1) is 15.1. The second-order valence-corrected chi connectivity index (χ2v) is 6.70. The van der Waals surface area contributed by atoms with Gasteiger partial charge in [-0.05, 0) is 35.4 Å². The zero-order valence-corrected chi connectivity index (χ0v) is 17.1. The Labute approximate surface area is 180 Å². The number of hydrogen-bond acceptors (Lipinski definition) is 4. The van der Waals surface area contributed by atoms with E-state index in [-0.39, 0.29) is 23.7 Å². The van der Waals surface area contributed by atoms with Gasteiger partial charge in [-0.1, -0.05) is 54.6 Å². The van der Waals surface area contributed by atoms with E-state index in [0.717, 1.165) is 11.1 Å². The molecule has 3 aromatic rings. The van der Waals surface area contributed by atoms with Crippen LogP contribution < -0.4 is 20.7 Å². The van der Waals surface area contributed by atoms with E-state index in [1.807, 2.05) is 30.3 Å². The van der Waals surface area contributed by atoms with Gasteiger partial charge in [0.25, 0.3) is 5.91 Å². The van der Waals surface area contributed by atoms with Gasteiger partial charge < -0.3 is 20.7 Å². The summed E-state index contributed by atoms with van der Waals surface area (Å²) in [6, 6.07) is 23.1. The molecule has 0 aromatic heterocycles. The maximum atomic E-state index is 12.6. The number of para-hydroxylation sites is 1. The van der Waals surface area contributed by atoms with Crippen molar-refractivity contribution in [2.45, 2.75) is 13.1 Å². The second kappa shape index (κ2) is 10.6. The SMILES string of the molecule is COc1ccc(CNC(=O)C(=O)Nc2ccccc2C(=O)NCc2ccccc2)cc1. The number of methoxy groups -OCH3 is 1. The highest BCUT2D eigenvalue weighted by atomic mass is 16.5.